The summed E-state index contributed by atoms with van der Waals surface area (Å²) < 4.78 is 50.5. The SMILES string of the molecule is COc1cc(C(=O)NC2CCN(C3CN(c4ccc(C5CCC(=O)NC5=O)cc4F)C3)CC2)ccc1N/C=N/C1=C(C)N(C)C(=O)C(F)(F)CN1C1CCCC1. The summed E-state index contributed by atoms with van der Waals surface area (Å²) in [7, 11) is 2.83. The van der Waals surface area contributed by atoms with E-state index in [9.17, 15) is 28.0 Å². The van der Waals surface area contributed by atoms with Gasteiger partial charge in [0.25, 0.3) is 11.8 Å². The minimum atomic E-state index is -3.54. The van der Waals surface area contributed by atoms with Crippen LogP contribution in [-0.4, -0.2) is 116 Å². The number of halogens is 3. The normalized spacial score (nSPS) is 23.1. The number of rotatable bonds is 10. The van der Waals surface area contributed by atoms with Gasteiger partial charge in [0, 0.05) is 63.3 Å². The lowest BCUT2D eigenvalue weighted by atomic mass is 9.90. The first-order chi connectivity index (χ1) is 26.8. The summed E-state index contributed by atoms with van der Waals surface area (Å²) in [5.74, 6) is -5.92. The third-order valence-electron chi connectivity index (χ3n) is 11.9. The molecular formula is C40H49F3N8O5. The van der Waals surface area contributed by atoms with Crippen LogP contribution in [0.1, 0.15) is 80.1 Å². The quantitative estimate of drug-likeness (QED) is 0.182. The molecule has 1 unspecified atom stereocenters. The first-order valence-corrected chi connectivity index (χ1v) is 19.4. The van der Waals surface area contributed by atoms with Crippen LogP contribution in [0.4, 0.5) is 24.5 Å². The van der Waals surface area contributed by atoms with Gasteiger partial charge in [-0.1, -0.05) is 18.9 Å². The Morgan fingerprint density at radius 3 is 2.41 bits per heavy atom. The van der Waals surface area contributed by atoms with Gasteiger partial charge in [0.1, 0.15) is 17.4 Å². The number of nitrogens with zero attached hydrogens (tertiary/aromatic N) is 5. The van der Waals surface area contributed by atoms with Crippen molar-refractivity contribution in [3.8, 4) is 5.75 Å². The number of hydrogen-bond donors (Lipinski definition) is 3. The zero-order valence-electron chi connectivity index (χ0n) is 32.0. The van der Waals surface area contributed by atoms with Gasteiger partial charge in [-0.15, -0.1) is 0 Å². The number of nitrogens with one attached hydrogen (secondary N) is 3. The maximum absolute atomic E-state index is 15.1. The topological polar surface area (TPSA) is 139 Å². The van der Waals surface area contributed by atoms with Crippen LogP contribution in [0.2, 0.25) is 0 Å². The number of methoxy groups -OCH3 is 1. The number of hydrogen-bond acceptors (Lipinski definition) is 9. The van der Waals surface area contributed by atoms with E-state index in [4.69, 9.17) is 4.74 Å². The van der Waals surface area contributed by atoms with E-state index in [0.717, 1.165) is 56.5 Å². The number of imide groups is 1. The van der Waals surface area contributed by atoms with Crippen LogP contribution in [0, 0.1) is 5.82 Å². The van der Waals surface area contributed by atoms with Gasteiger partial charge in [0.2, 0.25) is 11.8 Å². The highest BCUT2D eigenvalue weighted by molar-refractivity contribution is 6.01. The molecule has 0 bridgehead atoms. The summed E-state index contributed by atoms with van der Waals surface area (Å²) >= 11 is 0. The lowest BCUT2D eigenvalue weighted by Crippen LogP contribution is -2.62. The molecule has 3 N–H and O–H groups in total. The molecule has 1 saturated carbocycles. The second-order valence-electron chi connectivity index (χ2n) is 15.4. The maximum atomic E-state index is 15.1. The molecule has 3 saturated heterocycles. The van der Waals surface area contributed by atoms with E-state index in [2.05, 4.69) is 25.8 Å². The standard InChI is InChI=1S/C40H49F3N8O5/c1-24-36(51(28-6-4-5-7-28)22-40(42,43)39(55)48(24)2)45-23-44-32-11-8-26(19-34(32)56-3)37(53)46-27-14-16-49(17-15-27)29-20-50(21-29)33-12-9-25(18-31(33)41)30-10-13-35(52)47-38(30)54/h8-9,11-12,18-19,23,27-30H,4-7,10,13-17,20-22H2,1-3H3,(H,44,45)(H,46,53)(H,47,52,54). The van der Waals surface area contributed by atoms with Crippen molar-refractivity contribution in [1.82, 2.24) is 25.3 Å². The first kappa shape index (κ1) is 39.1. The number of piperidine rings is 2. The van der Waals surface area contributed by atoms with Crippen LogP contribution >= 0.6 is 0 Å². The first-order valence-electron chi connectivity index (χ1n) is 19.4. The average Bonchev–Trinajstić information content (AvgIpc) is 3.69. The van der Waals surface area contributed by atoms with Gasteiger partial charge in [-0.3, -0.25) is 29.4 Å². The zero-order valence-corrected chi connectivity index (χ0v) is 32.0. The fraction of sp³-hybridized carbons (Fsp3) is 0.525. The molecule has 2 aromatic rings. The number of allylic oxidation sites excluding steroid dienone is 1. The van der Waals surface area contributed by atoms with E-state index in [1.807, 2.05) is 4.90 Å². The number of alkyl halides is 2. The van der Waals surface area contributed by atoms with Gasteiger partial charge in [0.15, 0.2) is 0 Å². The molecule has 56 heavy (non-hydrogen) atoms. The van der Waals surface area contributed by atoms with Crippen LogP contribution in [0.25, 0.3) is 0 Å². The lowest BCUT2D eigenvalue weighted by Gasteiger charge is -2.48. The largest absolute Gasteiger partial charge is 0.495 e. The molecule has 7 rings (SSSR count). The average molecular weight is 779 g/mol. The molecule has 0 radical (unpaired) electrons. The summed E-state index contributed by atoms with van der Waals surface area (Å²) in [5.41, 5.74) is 2.35. The highest BCUT2D eigenvalue weighted by Gasteiger charge is 2.48. The number of carbonyl (C=O) groups excluding carboxylic acids is 4. The molecule has 4 amide bonds. The van der Waals surface area contributed by atoms with Crippen molar-refractivity contribution in [2.75, 3.05) is 57.1 Å². The van der Waals surface area contributed by atoms with Crippen LogP contribution in [0.5, 0.6) is 5.75 Å². The van der Waals surface area contributed by atoms with Crippen molar-refractivity contribution in [1.29, 1.82) is 0 Å². The summed E-state index contributed by atoms with van der Waals surface area (Å²) in [6, 6.07) is 10.0. The highest BCUT2D eigenvalue weighted by atomic mass is 19.3. The Balaban J connectivity index is 0.905. The zero-order chi connectivity index (χ0) is 39.7. The smallest absolute Gasteiger partial charge is 0.342 e. The predicted octanol–water partition coefficient (Wildman–Crippen LogP) is 4.42. The number of carbonyl (C=O) groups is 4. The maximum Gasteiger partial charge on any atom is 0.342 e. The molecule has 2 aromatic carbocycles. The number of likely N-dealkylation sites (tertiary alicyclic amines) is 1. The van der Waals surface area contributed by atoms with Crippen molar-refractivity contribution in [3.63, 3.8) is 0 Å². The minimum Gasteiger partial charge on any atom is -0.495 e. The Morgan fingerprint density at radius 1 is 1.00 bits per heavy atom. The summed E-state index contributed by atoms with van der Waals surface area (Å²) in [6.45, 7) is 3.83. The molecule has 0 aromatic heterocycles. The number of ether oxygens (including phenoxy) is 1. The second-order valence-corrected chi connectivity index (χ2v) is 15.4. The Bertz CT molecular complexity index is 1920. The third-order valence-corrected chi connectivity index (χ3v) is 11.9. The molecule has 16 heteroatoms. The Morgan fingerprint density at radius 2 is 1.73 bits per heavy atom. The van der Waals surface area contributed by atoms with E-state index < -0.39 is 24.3 Å². The molecule has 5 aliphatic rings. The van der Waals surface area contributed by atoms with Crippen molar-refractivity contribution in [2.45, 2.75) is 88.3 Å². The Hall–Kier alpha value is -5.12. The van der Waals surface area contributed by atoms with Crippen molar-refractivity contribution in [2.24, 2.45) is 4.99 Å². The molecule has 1 atom stereocenters. The number of anilines is 2. The van der Waals surface area contributed by atoms with Gasteiger partial charge >= 0.3 is 5.92 Å². The van der Waals surface area contributed by atoms with Gasteiger partial charge in [0.05, 0.1) is 43.0 Å². The van der Waals surface area contributed by atoms with E-state index in [1.54, 1.807) is 42.2 Å². The molecule has 4 fully saturated rings. The van der Waals surface area contributed by atoms with Crippen molar-refractivity contribution >= 4 is 41.3 Å². The van der Waals surface area contributed by atoms with Crippen LogP contribution < -0.4 is 25.6 Å². The van der Waals surface area contributed by atoms with Crippen LogP contribution in [0.3, 0.4) is 0 Å². The fourth-order valence-corrected chi connectivity index (χ4v) is 8.48. The molecule has 0 spiro atoms. The molecular weight excluding hydrogens is 729 g/mol. The summed E-state index contributed by atoms with van der Waals surface area (Å²) in [5, 5.41) is 8.54. The summed E-state index contributed by atoms with van der Waals surface area (Å²) in [4.78, 5) is 61.0. The highest BCUT2D eigenvalue weighted by Crippen LogP contribution is 2.36. The molecule has 4 aliphatic heterocycles. The van der Waals surface area contributed by atoms with Crippen molar-refractivity contribution in [3.05, 3.63) is 64.9 Å². The predicted molar refractivity (Wildman–Crippen MR) is 204 cm³/mol. The third kappa shape index (κ3) is 8.06. The van der Waals surface area contributed by atoms with Gasteiger partial charge in [-0.2, -0.15) is 8.78 Å². The minimum absolute atomic E-state index is 0.0144. The molecule has 4 heterocycles. The molecule has 1 aliphatic carbocycles. The molecule has 13 nitrogen and oxygen atoms in total. The van der Waals surface area contributed by atoms with Crippen molar-refractivity contribution < 1.29 is 37.1 Å². The summed E-state index contributed by atoms with van der Waals surface area (Å²) in [6.07, 6.45) is 6.90. The van der Waals surface area contributed by atoms with Gasteiger partial charge in [-0.25, -0.2) is 9.38 Å². The monoisotopic (exact) mass is 778 g/mol. The fourth-order valence-electron chi connectivity index (χ4n) is 8.48. The number of aliphatic imine (C=N–C) groups is 1. The van der Waals surface area contributed by atoms with Crippen LogP contribution in [-0.2, 0) is 14.4 Å². The molecule has 300 valence electrons. The van der Waals surface area contributed by atoms with E-state index in [1.165, 1.54) is 26.6 Å². The van der Waals surface area contributed by atoms with E-state index in [0.29, 0.717) is 59.3 Å². The van der Waals surface area contributed by atoms with E-state index >= 15 is 4.39 Å². The Kier molecular flexibility index (Phi) is 11.3. The van der Waals surface area contributed by atoms with Gasteiger partial charge < -0.3 is 30.1 Å². The van der Waals surface area contributed by atoms with E-state index in [-0.39, 0.29) is 48.1 Å². The second kappa shape index (κ2) is 16.2. The number of benzene rings is 2. The van der Waals surface area contributed by atoms with Crippen LogP contribution in [0.15, 0.2) is 52.9 Å². The Labute approximate surface area is 324 Å². The lowest BCUT2D eigenvalue weighted by molar-refractivity contribution is -0.155. The van der Waals surface area contributed by atoms with Gasteiger partial charge in [-0.05, 0) is 74.9 Å². The number of amides is 4.